The molecule has 108 valence electrons. The summed E-state index contributed by atoms with van der Waals surface area (Å²) in [6.45, 7) is 0.758. The van der Waals surface area contributed by atoms with E-state index in [9.17, 15) is 4.79 Å². The molecule has 0 aliphatic carbocycles. The first-order valence-corrected chi connectivity index (χ1v) is 7.43. The molecule has 4 heteroatoms. The largest absolute Gasteiger partial charge is 0.328 e. The Hall–Kier alpha value is -2.00. The van der Waals surface area contributed by atoms with Gasteiger partial charge in [-0.05, 0) is 48.7 Å². The van der Waals surface area contributed by atoms with E-state index >= 15 is 0 Å². The molecule has 0 unspecified atom stereocenters. The Kier molecular flexibility index (Phi) is 3.84. The number of para-hydroxylation sites is 1. The first-order chi connectivity index (χ1) is 10.2. The predicted octanol–water partition coefficient (Wildman–Crippen LogP) is 4.35. The van der Waals surface area contributed by atoms with Crippen molar-refractivity contribution in [2.24, 2.45) is 0 Å². The Morgan fingerprint density at radius 2 is 1.86 bits per heavy atom. The molecular formula is C17H17ClN2O. The quantitative estimate of drug-likeness (QED) is 0.768. The molecule has 0 spiro atoms. The van der Waals surface area contributed by atoms with Crippen LogP contribution in [0.1, 0.15) is 12.0 Å². The van der Waals surface area contributed by atoms with E-state index < -0.39 is 0 Å². The van der Waals surface area contributed by atoms with Gasteiger partial charge in [-0.2, -0.15) is 0 Å². The lowest BCUT2D eigenvalue weighted by Crippen LogP contribution is -2.44. The van der Waals surface area contributed by atoms with Gasteiger partial charge in [0.05, 0.1) is 0 Å². The number of halogens is 1. The van der Waals surface area contributed by atoms with Crippen molar-refractivity contribution < 1.29 is 4.79 Å². The number of carbonyl (C=O) groups is 1. The van der Waals surface area contributed by atoms with Gasteiger partial charge < -0.3 is 0 Å². The lowest BCUT2D eigenvalue weighted by molar-refractivity contribution is 0.252. The molecule has 21 heavy (non-hydrogen) atoms. The zero-order chi connectivity index (χ0) is 14.8. The van der Waals surface area contributed by atoms with E-state index in [0.29, 0.717) is 5.02 Å². The summed E-state index contributed by atoms with van der Waals surface area (Å²) < 4.78 is 0. The van der Waals surface area contributed by atoms with Crippen LogP contribution in [0.25, 0.3) is 0 Å². The third kappa shape index (κ3) is 2.74. The highest BCUT2D eigenvalue weighted by atomic mass is 35.5. The van der Waals surface area contributed by atoms with Crippen LogP contribution in [-0.2, 0) is 6.42 Å². The second kappa shape index (κ2) is 5.78. The summed E-state index contributed by atoms with van der Waals surface area (Å²) in [5.74, 6) is 0. The second-order valence-electron chi connectivity index (χ2n) is 5.20. The van der Waals surface area contributed by atoms with Crippen molar-refractivity contribution in [3.05, 3.63) is 59.1 Å². The highest BCUT2D eigenvalue weighted by Crippen LogP contribution is 2.28. The van der Waals surface area contributed by atoms with Gasteiger partial charge in [0.15, 0.2) is 0 Å². The van der Waals surface area contributed by atoms with Crippen molar-refractivity contribution in [1.82, 2.24) is 0 Å². The molecule has 0 radical (unpaired) electrons. The number of carbonyl (C=O) groups excluding carboxylic acids is 1. The summed E-state index contributed by atoms with van der Waals surface area (Å²) >= 11 is 5.90. The predicted molar refractivity (Wildman–Crippen MR) is 87.4 cm³/mol. The molecule has 0 saturated heterocycles. The molecule has 0 fully saturated rings. The molecule has 3 rings (SSSR count). The Bertz CT molecular complexity index is 654. The van der Waals surface area contributed by atoms with Gasteiger partial charge in [-0.15, -0.1) is 0 Å². The molecule has 1 heterocycles. The summed E-state index contributed by atoms with van der Waals surface area (Å²) in [7, 11) is 1.79. The van der Waals surface area contributed by atoms with Crippen LogP contribution in [0.2, 0.25) is 5.02 Å². The van der Waals surface area contributed by atoms with Gasteiger partial charge in [0.1, 0.15) is 0 Å². The minimum absolute atomic E-state index is 0.00975. The first kappa shape index (κ1) is 14.0. The number of fused-ring (bicyclic) bond motifs is 1. The fourth-order valence-electron chi connectivity index (χ4n) is 2.69. The van der Waals surface area contributed by atoms with Crippen molar-refractivity contribution in [3.8, 4) is 0 Å². The number of anilines is 2. The molecule has 0 saturated carbocycles. The number of hydrogen-bond donors (Lipinski definition) is 0. The smallest absolute Gasteiger partial charge is 0.297 e. The van der Waals surface area contributed by atoms with Crippen LogP contribution in [0.5, 0.6) is 0 Å². The fraction of sp³-hybridized carbons (Fsp3) is 0.235. The number of rotatable bonds is 1. The third-order valence-electron chi connectivity index (χ3n) is 3.84. The zero-order valence-electron chi connectivity index (χ0n) is 11.9. The summed E-state index contributed by atoms with van der Waals surface area (Å²) in [5, 5.41) is 0.669. The van der Waals surface area contributed by atoms with Crippen LogP contribution in [0.15, 0.2) is 48.5 Å². The Morgan fingerprint density at radius 1 is 1.14 bits per heavy atom. The van der Waals surface area contributed by atoms with Gasteiger partial charge in [-0.3, -0.25) is 9.80 Å². The maximum absolute atomic E-state index is 12.8. The highest BCUT2D eigenvalue weighted by molar-refractivity contribution is 6.30. The summed E-state index contributed by atoms with van der Waals surface area (Å²) in [6.07, 6.45) is 2.03. The number of amides is 2. The van der Waals surface area contributed by atoms with Gasteiger partial charge in [0.2, 0.25) is 0 Å². The lowest BCUT2D eigenvalue weighted by Gasteiger charge is -2.32. The summed E-state index contributed by atoms with van der Waals surface area (Å²) in [6, 6.07) is 15.4. The lowest BCUT2D eigenvalue weighted by atomic mass is 10.0. The van der Waals surface area contributed by atoms with Gasteiger partial charge >= 0.3 is 6.03 Å². The average Bonchev–Trinajstić information content (AvgIpc) is 2.53. The van der Waals surface area contributed by atoms with Crippen molar-refractivity contribution in [3.63, 3.8) is 0 Å². The van der Waals surface area contributed by atoms with E-state index in [2.05, 4.69) is 6.07 Å². The van der Waals surface area contributed by atoms with E-state index in [4.69, 9.17) is 11.6 Å². The maximum Gasteiger partial charge on any atom is 0.328 e. The molecule has 2 aromatic rings. The van der Waals surface area contributed by atoms with Crippen LogP contribution in [0.3, 0.4) is 0 Å². The van der Waals surface area contributed by atoms with E-state index in [1.165, 1.54) is 5.56 Å². The van der Waals surface area contributed by atoms with Crippen molar-refractivity contribution in [2.45, 2.75) is 12.8 Å². The molecule has 0 N–H and O–H groups in total. The Balaban J connectivity index is 1.87. The van der Waals surface area contributed by atoms with E-state index in [-0.39, 0.29) is 6.03 Å². The van der Waals surface area contributed by atoms with Crippen molar-refractivity contribution in [1.29, 1.82) is 0 Å². The Labute approximate surface area is 129 Å². The maximum atomic E-state index is 12.8. The number of nitrogens with zero attached hydrogens (tertiary/aromatic N) is 2. The summed E-state index contributed by atoms with van der Waals surface area (Å²) in [4.78, 5) is 16.3. The van der Waals surface area contributed by atoms with Crippen LogP contribution >= 0.6 is 11.6 Å². The molecule has 2 amide bonds. The third-order valence-corrected chi connectivity index (χ3v) is 4.09. The molecule has 1 aliphatic rings. The van der Waals surface area contributed by atoms with Crippen LogP contribution in [0, 0.1) is 0 Å². The molecule has 0 atom stereocenters. The van der Waals surface area contributed by atoms with Gasteiger partial charge in [-0.1, -0.05) is 29.8 Å². The monoisotopic (exact) mass is 300 g/mol. The van der Waals surface area contributed by atoms with E-state index in [1.807, 2.05) is 35.2 Å². The number of urea groups is 1. The van der Waals surface area contributed by atoms with Gasteiger partial charge in [-0.25, -0.2) is 4.79 Å². The van der Waals surface area contributed by atoms with Gasteiger partial charge in [0.25, 0.3) is 0 Å². The van der Waals surface area contributed by atoms with Crippen LogP contribution < -0.4 is 9.80 Å². The van der Waals surface area contributed by atoms with Crippen molar-refractivity contribution in [2.75, 3.05) is 23.4 Å². The first-order valence-electron chi connectivity index (χ1n) is 7.05. The minimum atomic E-state index is -0.00975. The Morgan fingerprint density at radius 3 is 2.62 bits per heavy atom. The van der Waals surface area contributed by atoms with Crippen molar-refractivity contribution >= 4 is 29.0 Å². The van der Waals surface area contributed by atoms with Crippen LogP contribution in [0.4, 0.5) is 16.2 Å². The van der Waals surface area contributed by atoms with E-state index in [0.717, 1.165) is 30.8 Å². The average molecular weight is 301 g/mol. The normalized spacial score (nSPS) is 13.7. The second-order valence-corrected chi connectivity index (χ2v) is 5.64. The molecule has 0 aromatic heterocycles. The number of aryl methyl sites for hydroxylation is 1. The SMILES string of the molecule is CN(C(=O)N1CCCc2ccccc21)c1ccc(Cl)cc1. The highest BCUT2D eigenvalue weighted by Gasteiger charge is 2.25. The van der Waals surface area contributed by atoms with E-state index in [1.54, 1.807) is 24.1 Å². The molecule has 3 nitrogen and oxygen atoms in total. The molecule has 0 bridgehead atoms. The van der Waals surface area contributed by atoms with Gasteiger partial charge in [0, 0.05) is 30.0 Å². The fourth-order valence-corrected chi connectivity index (χ4v) is 2.81. The number of benzene rings is 2. The minimum Gasteiger partial charge on any atom is -0.297 e. The molecular weight excluding hydrogens is 284 g/mol. The number of hydrogen-bond acceptors (Lipinski definition) is 1. The summed E-state index contributed by atoms with van der Waals surface area (Å²) in [5.41, 5.74) is 3.10. The zero-order valence-corrected chi connectivity index (χ0v) is 12.7. The van der Waals surface area contributed by atoms with Crippen LogP contribution in [-0.4, -0.2) is 19.6 Å². The molecule has 2 aromatic carbocycles. The standard InChI is InChI=1S/C17H17ClN2O/c1-19(15-10-8-14(18)9-11-15)17(21)20-12-4-6-13-5-2-3-7-16(13)20/h2-3,5,7-11H,4,6,12H2,1H3. The molecule has 1 aliphatic heterocycles. The topological polar surface area (TPSA) is 23.6 Å².